The molecule has 0 fully saturated rings. The molecule has 0 N–H and O–H groups in total. The van der Waals surface area contributed by atoms with Crippen LogP contribution in [0, 0.1) is 0 Å². The van der Waals surface area contributed by atoms with Gasteiger partial charge in [0, 0.05) is 0 Å². The average molecular weight is 195 g/mol. The highest BCUT2D eigenvalue weighted by atomic mass is 79.9. The fraction of sp³-hybridized carbons (Fsp3) is 0. The fourth-order valence-electron chi connectivity index (χ4n) is 0.240. The molecule has 4 heteroatoms. The second-order valence-corrected chi connectivity index (χ2v) is 2.14. The highest BCUT2D eigenvalue weighted by molar-refractivity contribution is 9.10. The van der Waals surface area contributed by atoms with Crippen LogP contribution >= 0.6 is 27.5 Å². The molecule has 0 atom stereocenters. The van der Waals surface area contributed by atoms with E-state index in [2.05, 4.69) is 25.9 Å². The molecule has 8 heavy (non-hydrogen) atoms. The molecule has 1 heterocycles. The quantitative estimate of drug-likeness (QED) is 0.632. The van der Waals surface area contributed by atoms with Crippen molar-refractivity contribution in [1.82, 2.24) is 9.97 Å². The van der Waals surface area contributed by atoms with Crippen LogP contribution < -0.4 is 0 Å². The number of hydrogen-bond acceptors (Lipinski definition) is 2. The molecule has 0 spiro atoms. The van der Waals surface area contributed by atoms with Crippen molar-refractivity contribution in [3.63, 3.8) is 0 Å². The predicted octanol–water partition coefficient (Wildman–Crippen LogP) is 1.89. The topological polar surface area (TPSA) is 25.8 Å². The number of halogens is 2. The molecule has 0 radical (unpaired) electrons. The summed E-state index contributed by atoms with van der Waals surface area (Å²) in [7, 11) is 0. The Labute approximate surface area is 62.9 Å². The lowest BCUT2D eigenvalue weighted by Gasteiger charge is -1.85. The number of hydrogen-bond donors (Lipinski definition) is 0. The van der Waals surface area contributed by atoms with Crippen molar-refractivity contribution in [2.75, 3.05) is 0 Å². The number of nitrogens with zero attached hydrogens (tertiary/aromatic N) is 2. The van der Waals surface area contributed by atoms with Crippen LogP contribution in [0.1, 0.15) is 2.74 Å². The maximum atomic E-state index is 7.07. The Morgan fingerprint density at radius 2 is 2.38 bits per heavy atom. The summed E-state index contributed by atoms with van der Waals surface area (Å²) in [6, 6.07) is 0. The average Bonchev–Trinajstić information content (AvgIpc) is 1.84. The summed E-state index contributed by atoms with van der Waals surface area (Å²) in [4.78, 5) is 7.08. The molecular weight excluding hydrogens is 191 g/mol. The highest BCUT2D eigenvalue weighted by Crippen LogP contribution is 2.05. The minimum Gasteiger partial charge on any atom is -0.245 e. The first-order valence-corrected chi connectivity index (χ1v) is 2.94. The normalized spacial score (nSPS) is 12.8. The predicted molar refractivity (Wildman–Crippen MR) is 34.7 cm³/mol. The van der Waals surface area contributed by atoms with Crippen LogP contribution in [0.2, 0.25) is 5.15 Å². The molecule has 0 aliphatic rings. The summed E-state index contributed by atoms with van der Waals surface area (Å²) in [5.41, 5.74) is 0. The van der Waals surface area contributed by atoms with Gasteiger partial charge in [0.1, 0.15) is 9.76 Å². The van der Waals surface area contributed by atoms with Gasteiger partial charge in [-0.3, -0.25) is 0 Å². The van der Waals surface area contributed by atoms with Crippen molar-refractivity contribution in [1.29, 1.82) is 0 Å². The van der Waals surface area contributed by atoms with Crippen molar-refractivity contribution in [3.05, 3.63) is 22.1 Å². The summed E-state index contributed by atoms with van der Waals surface area (Å²) >= 11 is 8.32. The monoisotopic (exact) mass is 194 g/mol. The van der Waals surface area contributed by atoms with Crippen LogP contribution in [0.15, 0.2) is 16.9 Å². The lowest BCUT2D eigenvalue weighted by molar-refractivity contribution is 1.16. The maximum absolute atomic E-state index is 7.07. The van der Waals surface area contributed by atoms with E-state index in [0.717, 1.165) is 0 Å². The smallest absolute Gasteiger partial charge is 0.147 e. The zero-order valence-electron chi connectivity index (χ0n) is 5.65. The van der Waals surface area contributed by atoms with Gasteiger partial charge in [-0.05, 0) is 15.9 Å². The Bertz CT molecular complexity index is 217. The van der Waals surface area contributed by atoms with Gasteiger partial charge in [-0.15, -0.1) is 0 Å². The molecule has 0 aromatic carbocycles. The van der Waals surface area contributed by atoms with Crippen LogP contribution in [0.25, 0.3) is 0 Å². The first-order valence-electron chi connectivity index (χ1n) is 2.77. The summed E-state index contributed by atoms with van der Waals surface area (Å²) in [5, 5.41) is -0.0480. The third-order valence-corrected chi connectivity index (χ3v) is 1.02. The van der Waals surface area contributed by atoms with E-state index >= 15 is 0 Å². The van der Waals surface area contributed by atoms with Crippen LogP contribution in [0.4, 0.5) is 0 Å². The molecule has 42 valence electrons. The molecule has 0 aliphatic carbocycles. The van der Waals surface area contributed by atoms with Gasteiger partial charge in [0.2, 0.25) is 0 Å². The van der Waals surface area contributed by atoms with E-state index in [1.165, 1.54) is 0 Å². The first kappa shape index (κ1) is 3.80. The zero-order chi connectivity index (χ0) is 7.72. The molecule has 1 rings (SSSR count). The molecule has 2 nitrogen and oxygen atoms in total. The second kappa shape index (κ2) is 2.42. The lowest BCUT2D eigenvalue weighted by atomic mass is 10.8. The first-order chi connectivity index (χ1) is 4.61. The third-order valence-electron chi connectivity index (χ3n) is 0.493. The van der Waals surface area contributed by atoms with Crippen molar-refractivity contribution >= 4 is 27.5 Å². The van der Waals surface area contributed by atoms with Gasteiger partial charge >= 0.3 is 0 Å². The molecule has 0 amide bonds. The molecule has 1 aromatic heterocycles. The van der Waals surface area contributed by atoms with Crippen LogP contribution in [-0.4, -0.2) is 9.97 Å². The number of rotatable bonds is 0. The van der Waals surface area contributed by atoms with Crippen molar-refractivity contribution in [2.24, 2.45) is 0 Å². The minimum atomic E-state index is -0.121. The van der Waals surface area contributed by atoms with E-state index in [1.54, 1.807) is 0 Å². The van der Waals surface area contributed by atoms with E-state index in [1.807, 2.05) is 0 Å². The van der Waals surface area contributed by atoms with Crippen LogP contribution in [0.3, 0.4) is 0 Å². The minimum absolute atomic E-state index is 0.0480. The van der Waals surface area contributed by atoms with Crippen LogP contribution in [0.5, 0.6) is 0 Å². The van der Waals surface area contributed by atoms with Gasteiger partial charge < -0.3 is 0 Å². The van der Waals surface area contributed by atoms with Gasteiger partial charge in [-0.25, -0.2) is 9.97 Å². The van der Waals surface area contributed by atoms with Gasteiger partial charge in [0.15, 0.2) is 0 Å². The Balaban J connectivity index is 3.28. The van der Waals surface area contributed by atoms with Gasteiger partial charge in [0.25, 0.3) is 0 Å². The van der Waals surface area contributed by atoms with Gasteiger partial charge in [-0.1, -0.05) is 11.6 Å². The SMILES string of the molecule is [2H]c1nc(Br)c([2H])nc1Cl. The maximum Gasteiger partial charge on any atom is 0.147 e. The Kier molecular flexibility index (Phi) is 1.15. The molecule has 0 bridgehead atoms. The Morgan fingerprint density at radius 1 is 1.62 bits per heavy atom. The van der Waals surface area contributed by atoms with Gasteiger partial charge in [-0.2, -0.15) is 0 Å². The molecule has 0 unspecified atom stereocenters. The Hall–Kier alpha value is -0.150. The summed E-state index contributed by atoms with van der Waals surface area (Å²) in [6.07, 6.45) is -0.175. The zero-order valence-corrected chi connectivity index (χ0v) is 5.99. The van der Waals surface area contributed by atoms with E-state index in [-0.39, 0.29) is 22.1 Å². The summed E-state index contributed by atoms with van der Waals surface area (Å²) in [6.45, 7) is 0. The van der Waals surface area contributed by atoms with Crippen molar-refractivity contribution in [3.8, 4) is 0 Å². The summed E-state index contributed by atoms with van der Waals surface area (Å²) in [5.74, 6) is 0. The lowest BCUT2D eigenvalue weighted by Crippen LogP contribution is -1.76. The molecule has 1 aromatic rings. The molecular formula is C4H2BrClN2. The van der Waals surface area contributed by atoms with Crippen molar-refractivity contribution < 1.29 is 2.74 Å². The largest absolute Gasteiger partial charge is 0.245 e. The van der Waals surface area contributed by atoms with E-state index < -0.39 is 0 Å². The van der Waals surface area contributed by atoms with E-state index in [4.69, 9.17) is 14.3 Å². The standard InChI is InChI=1S/C4H2BrClN2/c5-3-1-8-4(6)2-7-3/h1-2H/i1D,2D. The highest BCUT2D eigenvalue weighted by Gasteiger charge is 1.86. The molecule has 0 aliphatic heterocycles. The van der Waals surface area contributed by atoms with E-state index in [9.17, 15) is 0 Å². The van der Waals surface area contributed by atoms with Gasteiger partial charge in [0.05, 0.1) is 15.1 Å². The van der Waals surface area contributed by atoms with Crippen LogP contribution in [-0.2, 0) is 0 Å². The molecule has 0 saturated heterocycles. The second-order valence-electron chi connectivity index (χ2n) is 1.03. The Morgan fingerprint density at radius 3 is 3.00 bits per heavy atom. The summed E-state index contributed by atoms with van der Waals surface area (Å²) < 4.78 is 14.3. The third kappa shape index (κ3) is 1.42. The van der Waals surface area contributed by atoms with E-state index in [0.29, 0.717) is 0 Å². The number of aromatic nitrogens is 2. The molecule has 0 saturated carbocycles. The van der Waals surface area contributed by atoms with Crippen molar-refractivity contribution in [2.45, 2.75) is 0 Å². The fourth-order valence-corrected chi connectivity index (χ4v) is 0.502.